The van der Waals surface area contributed by atoms with Gasteiger partial charge in [0, 0.05) is 17.5 Å². The molecule has 2 aromatic carbocycles. The Morgan fingerprint density at radius 3 is 2.84 bits per heavy atom. The molecule has 4 aromatic rings. The maximum atomic E-state index is 13.2. The number of hydrogen-bond donors (Lipinski definition) is 0. The molecule has 2 heterocycles. The molecule has 7 nitrogen and oxygen atoms in total. The minimum absolute atomic E-state index is 0.136. The molecule has 0 aliphatic rings. The SMILES string of the molecule is CCCN(Cc1nnc(-c2ccccc2Cl)o1)C(=O)c1cccc(OCc2cscn2)c1. The van der Waals surface area contributed by atoms with Gasteiger partial charge in [-0.15, -0.1) is 21.5 Å². The van der Waals surface area contributed by atoms with Gasteiger partial charge in [0.25, 0.3) is 5.91 Å². The number of amides is 1. The van der Waals surface area contributed by atoms with Crippen molar-refractivity contribution in [2.45, 2.75) is 26.5 Å². The van der Waals surface area contributed by atoms with Gasteiger partial charge in [-0.2, -0.15) is 0 Å². The number of carbonyl (C=O) groups is 1. The molecule has 0 fully saturated rings. The van der Waals surface area contributed by atoms with E-state index >= 15 is 0 Å². The van der Waals surface area contributed by atoms with Crippen LogP contribution in [-0.4, -0.2) is 32.5 Å². The zero-order valence-corrected chi connectivity index (χ0v) is 19.0. The van der Waals surface area contributed by atoms with Gasteiger partial charge in [-0.1, -0.05) is 36.7 Å². The Kier molecular flexibility index (Phi) is 7.14. The van der Waals surface area contributed by atoms with Gasteiger partial charge in [0.2, 0.25) is 11.8 Å². The number of aromatic nitrogens is 3. The molecule has 0 bridgehead atoms. The average molecular weight is 469 g/mol. The predicted molar refractivity (Wildman–Crippen MR) is 123 cm³/mol. The first-order valence-electron chi connectivity index (χ1n) is 10.1. The van der Waals surface area contributed by atoms with Crippen LogP contribution in [0.2, 0.25) is 5.02 Å². The van der Waals surface area contributed by atoms with E-state index in [0.29, 0.717) is 46.8 Å². The summed E-state index contributed by atoms with van der Waals surface area (Å²) in [5.41, 5.74) is 3.80. The summed E-state index contributed by atoms with van der Waals surface area (Å²) in [6.45, 7) is 3.11. The number of rotatable bonds is 9. The van der Waals surface area contributed by atoms with Crippen molar-refractivity contribution in [2.24, 2.45) is 0 Å². The van der Waals surface area contributed by atoms with Gasteiger partial charge < -0.3 is 14.1 Å². The molecule has 0 radical (unpaired) electrons. The van der Waals surface area contributed by atoms with E-state index in [1.807, 2.05) is 36.6 Å². The molecule has 0 aliphatic carbocycles. The molecule has 0 spiro atoms. The maximum Gasteiger partial charge on any atom is 0.254 e. The summed E-state index contributed by atoms with van der Waals surface area (Å²) < 4.78 is 11.6. The number of hydrogen-bond acceptors (Lipinski definition) is 7. The van der Waals surface area contributed by atoms with Gasteiger partial charge >= 0.3 is 0 Å². The van der Waals surface area contributed by atoms with Crippen molar-refractivity contribution in [3.63, 3.8) is 0 Å². The van der Waals surface area contributed by atoms with Crippen molar-refractivity contribution in [1.29, 1.82) is 0 Å². The second-order valence-electron chi connectivity index (χ2n) is 7.00. The first kappa shape index (κ1) is 22.0. The fourth-order valence-electron chi connectivity index (χ4n) is 3.11. The largest absolute Gasteiger partial charge is 0.487 e. The molecule has 2 aromatic heterocycles. The lowest BCUT2D eigenvalue weighted by molar-refractivity contribution is 0.0728. The van der Waals surface area contributed by atoms with Crippen LogP contribution in [0.15, 0.2) is 63.8 Å². The molecule has 4 rings (SSSR count). The Morgan fingerprint density at radius 1 is 1.19 bits per heavy atom. The van der Waals surface area contributed by atoms with Gasteiger partial charge in [0.15, 0.2) is 0 Å². The zero-order valence-electron chi connectivity index (χ0n) is 17.4. The van der Waals surface area contributed by atoms with Crippen LogP contribution < -0.4 is 4.74 Å². The number of thiazole rings is 1. The topological polar surface area (TPSA) is 81.4 Å². The summed E-state index contributed by atoms with van der Waals surface area (Å²) in [4.78, 5) is 19.1. The normalized spacial score (nSPS) is 10.8. The fraction of sp³-hybridized carbons (Fsp3) is 0.217. The summed E-state index contributed by atoms with van der Waals surface area (Å²) >= 11 is 7.73. The van der Waals surface area contributed by atoms with Crippen molar-refractivity contribution < 1.29 is 13.9 Å². The molecule has 0 saturated carbocycles. The number of benzene rings is 2. The van der Waals surface area contributed by atoms with Gasteiger partial charge in [0.1, 0.15) is 12.4 Å². The van der Waals surface area contributed by atoms with Crippen LogP contribution in [0.5, 0.6) is 5.75 Å². The number of halogens is 1. The van der Waals surface area contributed by atoms with Crippen LogP contribution in [0, 0.1) is 0 Å². The second-order valence-corrected chi connectivity index (χ2v) is 8.13. The molecular weight excluding hydrogens is 448 g/mol. The highest BCUT2D eigenvalue weighted by Crippen LogP contribution is 2.26. The van der Waals surface area contributed by atoms with E-state index in [2.05, 4.69) is 15.2 Å². The highest BCUT2D eigenvalue weighted by Gasteiger charge is 2.20. The summed E-state index contributed by atoms with van der Waals surface area (Å²) in [5, 5.41) is 10.7. The van der Waals surface area contributed by atoms with E-state index < -0.39 is 0 Å². The van der Waals surface area contributed by atoms with E-state index in [0.717, 1.165) is 12.1 Å². The third kappa shape index (κ3) is 5.33. The molecule has 0 unspecified atom stereocenters. The Morgan fingerprint density at radius 2 is 2.06 bits per heavy atom. The lowest BCUT2D eigenvalue weighted by Gasteiger charge is -2.20. The molecule has 9 heteroatoms. The highest BCUT2D eigenvalue weighted by molar-refractivity contribution is 7.07. The number of ether oxygens (including phenoxy) is 1. The molecule has 32 heavy (non-hydrogen) atoms. The monoisotopic (exact) mass is 468 g/mol. The molecule has 1 amide bonds. The van der Waals surface area contributed by atoms with Crippen LogP contribution in [0.1, 0.15) is 35.3 Å². The van der Waals surface area contributed by atoms with Crippen LogP contribution in [0.25, 0.3) is 11.5 Å². The Labute approximate surface area is 194 Å². The van der Waals surface area contributed by atoms with E-state index in [1.165, 1.54) is 11.3 Å². The standard InChI is InChI=1S/C23H21ClN4O3S/c1-2-10-28(12-21-26-27-22(31-21)19-8-3-4-9-20(19)24)23(29)16-6-5-7-18(11-16)30-13-17-14-32-15-25-17/h3-9,11,14-15H,2,10,12-13H2,1H3. The van der Waals surface area contributed by atoms with Crippen molar-refractivity contribution in [3.8, 4) is 17.2 Å². The number of carbonyl (C=O) groups excluding carboxylic acids is 1. The van der Waals surface area contributed by atoms with Crippen molar-refractivity contribution in [2.75, 3.05) is 6.54 Å². The van der Waals surface area contributed by atoms with Crippen molar-refractivity contribution in [3.05, 3.63) is 81.6 Å². The lowest BCUT2D eigenvalue weighted by Crippen LogP contribution is -2.31. The first-order valence-corrected chi connectivity index (χ1v) is 11.4. The average Bonchev–Trinajstić information content (AvgIpc) is 3.50. The van der Waals surface area contributed by atoms with Crippen molar-refractivity contribution >= 4 is 28.8 Å². The maximum absolute atomic E-state index is 13.2. The third-order valence-corrected chi connectivity index (χ3v) is 5.59. The second kappa shape index (κ2) is 10.4. The molecule has 0 saturated heterocycles. The van der Waals surface area contributed by atoms with Gasteiger partial charge in [-0.05, 0) is 36.8 Å². The predicted octanol–water partition coefficient (Wildman–Crippen LogP) is 5.48. The Balaban J connectivity index is 1.47. The summed E-state index contributed by atoms with van der Waals surface area (Å²) in [5.74, 6) is 1.15. The van der Waals surface area contributed by atoms with Gasteiger partial charge in [0.05, 0.1) is 28.3 Å². The Hall–Kier alpha value is -3.23. The fourth-order valence-corrected chi connectivity index (χ4v) is 3.87. The molecule has 164 valence electrons. The van der Waals surface area contributed by atoms with E-state index in [1.54, 1.807) is 34.7 Å². The molecular formula is C23H21ClN4O3S. The summed E-state index contributed by atoms with van der Waals surface area (Å²) in [6.07, 6.45) is 0.789. The zero-order chi connectivity index (χ0) is 22.3. The van der Waals surface area contributed by atoms with Gasteiger partial charge in [-0.25, -0.2) is 4.98 Å². The lowest BCUT2D eigenvalue weighted by atomic mass is 10.2. The minimum atomic E-state index is -0.136. The van der Waals surface area contributed by atoms with Crippen LogP contribution in [0.3, 0.4) is 0 Å². The summed E-state index contributed by atoms with van der Waals surface area (Å²) in [6, 6.07) is 14.4. The first-order chi connectivity index (χ1) is 15.6. The Bertz CT molecular complexity index is 1180. The highest BCUT2D eigenvalue weighted by atomic mass is 35.5. The summed E-state index contributed by atoms with van der Waals surface area (Å²) in [7, 11) is 0. The third-order valence-electron chi connectivity index (χ3n) is 4.63. The van der Waals surface area contributed by atoms with Crippen LogP contribution in [0.4, 0.5) is 0 Å². The van der Waals surface area contributed by atoms with E-state index in [4.69, 9.17) is 20.8 Å². The van der Waals surface area contributed by atoms with Crippen molar-refractivity contribution in [1.82, 2.24) is 20.1 Å². The van der Waals surface area contributed by atoms with E-state index in [9.17, 15) is 4.79 Å². The van der Waals surface area contributed by atoms with Crippen LogP contribution >= 0.6 is 22.9 Å². The molecule has 0 N–H and O–H groups in total. The van der Waals surface area contributed by atoms with Crippen LogP contribution in [-0.2, 0) is 13.2 Å². The van der Waals surface area contributed by atoms with E-state index in [-0.39, 0.29) is 12.5 Å². The molecule has 0 atom stereocenters. The minimum Gasteiger partial charge on any atom is -0.487 e. The van der Waals surface area contributed by atoms with Gasteiger partial charge in [-0.3, -0.25) is 4.79 Å². The number of nitrogens with zero attached hydrogens (tertiary/aromatic N) is 4. The quantitative estimate of drug-likeness (QED) is 0.323. The smallest absolute Gasteiger partial charge is 0.254 e. The molecule has 0 aliphatic heterocycles.